The van der Waals surface area contributed by atoms with Crippen LogP contribution in [0.25, 0.3) is 0 Å². The highest BCUT2D eigenvalue weighted by Crippen LogP contribution is 2.31. The smallest absolute Gasteiger partial charge is 0.234 e. The van der Waals surface area contributed by atoms with Crippen LogP contribution in [-0.2, 0) is 19.4 Å². The van der Waals surface area contributed by atoms with Crippen LogP contribution in [0.15, 0.2) is 0 Å². The number of hydrogen-bond donors (Lipinski definition) is 0. The van der Waals surface area contributed by atoms with Crippen molar-refractivity contribution >= 4 is 22.6 Å². The monoisotopic (exact) mass is 236 g/mol. The zero-order chi connectivity index (χ0) is 12.3. The molecule has 4 nitrogen and oxygen atoms in total. The summed E-state index contributed by atoms with van der Waals surface area (Å²) >= 11 is 5.37. The third-order valence-corrected chi connectivity index (χ3v) is 2.68. The maximum atomic E-state index is 12.0. The number of rotatable bonds is 6. The van der Waals surface area contributed by atoms with Gasteiger partial charge in [0.25, 0.3) is 0 Å². The first-order valence-electron chi connectivity index (χ1n) is 4.56. The highest BCUT2D eigenvalue weighted by atomic mass is 35.5. The quantitative estimate of drug-likeness (QED) is 0.306. The molecular weight excluding hydrogens is 220 g/mol. The van der Waals surface area contributed by atoms with Crippen molar-refractivity contribution in [1.82, 2.24) is 0 Å². The minimum atomic E-state index is -1.21. The van der Waals surface area contributed by atoms with E-state index in [1.165, 1.54) is 21.0 Å². The van der Waals surface area contributed by atoms with Gasteiger partial charge in [-0.25, -0.2) is 9.78 Å². The molecule has 0 radical (unpaired) electrons. The number of Topliss-reactive ketones (excluding diaryl/α,β-unsaturated/α-hetero) is 1. The van der Waals surface area contributed by atoms with Crippen LogP contribution in [0.1, 0.15) is 27.7 Å². The van der Waals surface area contributed by atoms with E-state index in [0.717, 1.165) is 0 Å². The minimum absolute atomic E-state index is 0.0793. The molecule has 88 valence electrons. The van der Waals surface area contributed by atoms with Gasteiger partial charge in [-0.1, -0.05) is 13.8 Å². The molecule has 5 heteroatoms. The zero-order valence-corrected chi connectivity index (χ0v) is 10.5. The van der Waals surface area contributed by atoms with Crippen molar-refractivity contribution in [2.45, 2.75) is 27.7 Å². The first kappa shape index (κ1) is 14.6. The van der Waals surface area contributed by atoms with Crippen molar-refractivity contribution in [3.05, 3.63) is 0 Å². The average Bonchev–Trinajstić information content (AvgIpc) is 2.13. The van der Waals surface area contributed by atoms with Gasteiger partial charge in [0, 0.05) is 0 Å². The summed E-state index contributed by atoms with van der Waals surface area (Å²) in [5.41, 5.74) is -2.02. The largest absolute Gasteiger partial charge is 0.298 e. The fourth-order valence-corrected chi connectivity index (χ4v) is 1.29. The molecule has 0 N–H and O–H groups in total. The minimum Gasteiger partial charge on any atom is -0.298 e. The SMILES string of the molecule is COOCC(C)(C)C(=O)C(C)(C)C(=O)Cl. The van der Waals surface area contributed by atoms with E-state index in [2.05, 4.69) is 4.89 Å². The zero-order valence-electron chi connectivity index (χ0n) is 9.72. The lowest BCUT2D eigenvalue weighted by Crippen LogP contribution is -2.42. The maximum absolute atomic E-state index is 12.0. The van der Waals surface area contributed by atoms with Gasteiger partial charge in [-0.3, -0.25) is 9.59 Å². The molecule has 0 unspecified atom stereocenters. The molecule has 0 rings (SSSR count). The molecule has 0 aliphatic carbocycles. The van der Waals surface area contributed by atoms with Gasteiger partial charge in [-0.15, -0.1) is 0 Å². The second kappa shape index (κ2) is 5.05. The van der Waals surface area contributed by atoms with Gasteiger partial charge in [0.2, 0.25) is 5.24 Å². The van der Waals surface area contributed by atoms with Crippen molar-refractivity contribution in [3.8, 4) is 0 Å². The summed E-state index contributed by atoms with van der Waals surface area (Å²) < 4.78 is 0. The van der Waals surface area contributed by atoms with E-state index in [9.17, 15) is 9.59 Å². The molecule has 0 fully saturated rings. The lowest BCUT2D eigenvalue weighted by Gasteiger charge is -2.29. The third-order valence-electron chi connectivity index (χ3n) is 2.21. The lowest BCUT2D eigenvalue weighted by atomic mass is 9.75. The molecule has 0 aromatic heterocycles. The van der Waals surface area contributed by atoms with E-state index >= 15 is 0 Å². The number of ketones is 1. The summed E-state index contributed by atoms with van der Waals surface area (Å²) in [5.74, 6) is -0.271. The first-order valence-corrected chi connectivity index (χ1v) is 4.94. The van der Waals surface area contributed by atoms with Gasteiger partial charge >= 0.3 is 0 Å². The second-order valence-electron chi connectivity index (χ2n) is 4.54. The van der Waals surface area contributed by atoms with Gasteiger partial charge in [-0.05, 0) is 25.4 Å². The third kappa shape index (κ3) is 3.55. The number of hydrogen-bond acceptors (Lipinski definition) is 4. The Balaban J connectivity index is 4.75. The molecule has 0 aliphatic rings. The molecule has 0 spiro atoms. The highest BCUT2D eigenvalue weighted by molar-refractivity contribution is 6.66. The fourth-order valence-electron chi connectivity index (χ4n) is 1.21. The molecule has 0 saturated heterocycles. The summed E-state index contributed by atoms with van der Waals surface area (Å²) in [6, 6.07) is 0. The molecule has 0 heterocycles. The Morgan fingerprint density at radius 3 is 2.00 bits per heavy atom. The highest BCUT2D eigenvalue weighted by Gasteiger charge is 2.43. The van der Waals surface area contributed by atoms with Crippen LogP contribution < -0.4 is 0 Å². The summed E-state index contributed by atoms with van der Waals surface area (Å²) in [5, 5.41) is -0.669. The van der Waals surface area contributed by atoms with E-state index < -0.39 is 16.1 Å². The van der Waals surface area contributed by atoms with Crippen LogP contribution >= 0.6 is 11.6 Å². The van der Waals surface area contributed by atoms with E-state index in [1.807, 2.05) is 0 Å². The van der Waals surface area contributed by atoms with Crippen molar-refractivity contribution in [1.29, 1.82) is 0 Å². The number of halogens is 1. The summed E-state index contributed by atoms with van der Waals surface area (Å²) in [6.07, 6.45) is 0. The van der Waals surface area contributed by atoms with E-state index in [4.69, 9.17) is 16.5 Å². The molecule has 0 aromatic rings. The Hall–Kier alpha value is -0.450. The average molecular weight is 237 g/mol. The van der Waals surface area contributed by atoms with E-state index in [0.29, 0.717) is 0 Å². The van der Waals surface area contributed by atoms with Gasteiger partial charge < -0.3 is 0 Å². The Morgan fingerprint density at radius 2 is 1.67 bits per heavy atom. The lowest BCUT2D eigenvalue weighted by molar-refractivity contribution is -0.285. The standard InChI is InChI=1S/C10H17ClO4/c1-9(2,6-15-14-5)7(12)10(3,4)8(11)13/h6H2,1-5H3. The van der Waals surface area contributed by atoms with Crippen molar-refractivity contribution in [2.24, 2.45) is 10.8 Å². The van der Waals surface area contributed by atoms with Crippen LogP contribution in [0.5, 0.6) is 0 Å². The van der Waals surface area contributed by atoms with Gasteiger partial charge in [0.1, 0.15) is 0 Å². The van der Waals surface area contributed by atoms with Crippen molar-refractivity contribution in [3.63, 3.8) is 0 Å². The van der Waals surface area contributed by atoms with Crippen LogP contribution in [0.2, 0.25) is 0 Å². The fraction of sp³-hybridized carbons (Fsp3) is 0.800. The predicted molar refractivity (Wildman–Crippen MR) is 56.4 cm³/mol. The molecule has 0 saturated carbocycles. The molecule has 0 atom stereocenters. The Labute approximate surface area is 94.8 Å². The molecule has 0 bridgehead atoms. The second-order valence-corrected chi connectivity index (χ2v) is 4.88. The van der Waals surface area contributed by atoms with E-state index in [-0.39, 0.29) is 12.4 Å². The summed E-state index contributed by atoms with van der Waals surface area (Å²) in [4.78, 5) is 32.2. The van der Waals surface area contributed by atoms with Gasteiger partial charge in [0.15, 0.2) is 5.78 Å². The van der Waals surface area contributed by atoms with Crippen molar-refractivity contribution < 1.29 is 19.4 Å². The van der Waals surface area contributed by atoms with E-state index in [1.54, 1.807) is 13.8 Å². The normalized spacial score (nSPS) is 12.7. The van der Waals surface area contributed by atoms with Crippen LogP contribution in [0, 0.1) is 10.8 Å². The number of carbonyl (C=O) groups is 2. The Morgan fingerprint density at radius 1 is 1.20 bits per heavy atom. The van der Waals surface area contributed by atoms with Crippen LogP contribution in [0.4, 0.5) is 0 Å². The molecule has 15 heavy (non-hydrogen) atoms. The Kier molecular flexibility index (Phi) is 4.90. The van der Waals surface area contributed by atoms with Crippen LogP contribution in [-0.4, -0.2) is 24.7 Å². The van der Waals surface area contributed by atoms with Gasteiger partial charge in [-0.2, -0.15) is 0 Å². The molecule has 0 amide bonds. The topological polar surface area (TPSA) is 52.6 Å². The Bertz CT molecular complexity index is 258. The molecule has 0 aliphatic heterocycles. The number of carbonyl (C=O) groups excluding carboxylic acids is 2. The predicted octanol–water partition coefficient (Wildman–Crippen LogP) is 1.95. The van der Waals surface area contributed by atoms with Crippen molar-refractivity contribution in [2.75, 3.05) is 13.7 Å². The molecular formula is C10H17ClO4. The first-order chi connectivity index (χ1) is 6.66. The molecule has 0 aromatic carbocycles. The summed E-state index contributed by atoms with van der Waals surface area (Å²) in [7, 11) is 1.36. The van der Waals surface area contributed by atoms with Crippen LogP contribution in [0.3, 0.4) is 0 Å². The maximum Gasteiger partial charge on any atom is 0.234 e. The summed E-state index contributed by atoms with van der Waals surface area (Å²) in [6.45, 7) is 6.43. The van der Waals surface area contributed by atoms with Gasteiger partial charge in [0.05, 0.1) is 24.5 Å².